The molecule has 0 aromatic heterocycles. The minimum atomic E-state index is -0.348. The highest BCUT2D eigenvalue weighted by Crippen LogP contribution is 2.17. The van der Waals surface area contributed by atoms with Gasteiger partial charge in [-0.3, -0.25) is 4.79 Å². The van der Waals surface area contributed by atoms with Crippen LogP contribution in [0.25, 0.3) is 0 Å². The summed E-state index contributed by atoms with van der Waals surface area (Å²) in [4.78, 5) is 11.4. The van der Waals surface area contributed by atoms with Crippen LogP contribution in [0.15, 0.2) is 0 Å². The van der Waals surface area contributed by atoms with Crippen LogP contribution in [0.2, 0.25) is 0 Å². The van der Waals surface area contributed by atoms with Crippen LogP contribution in [0.4, 0.5) is 0 Å². The summed E-state index contributed by atoms with van der Waals surface area (Å²) in [5, 5.41) is 2.88. The van der Waals surface area contributed by atoms with E-state index in [0.717, 1.165) is 39.0 Å². The number of hydrogen-bond acceptors (Lipinski definition) is 3. The lowest BCUT2D eigenvalue weighted by Gasteiger charge is -2.22. The van der Waals surface area contributed by atoms with Gasteiger partial charge in [0.1, 0.15) is 0 Å². The number of hydrogen-bond donors (Lipinski definition) is 2. The number of nitrogens with two attached hydrogens (primary N) is 1. The van der Waals surface area contributed by atoms with E-state index in [0.29, 0.717) is 12.3 Å². The zero-order valence-corrected chi connectivity index (χ0v) is 9.50. The van der Waals surface area contributed by atoms with E-state index in [2.05, 4.69) is 5.32 Å². The summed E-state index contributed by atoms with van der Waals surface area (Å²) < 4.78 is 5.28. The first-order valence-corrected chi connectivity index (χ1v) is 5.85. The fraction of sp³-hybridized carbons (Fsp3) is 0.909. The number of carbonyl (C=O) groups excluding carboxylic acids is 1. The lowest BCUT2D eigenvalue weighted by atomic mass is 9.97. The Bertz CT molecular complexity index is 191. The van der Waals surface area contributed by atoms with Crippen molar-refractivity contribution in [1.29, 1.82) is 0 Å². The highest BCUT2D eigenvalue weighted by molar-refractivity contribution is 5.81. The second-order valence-corrected chi connectivity index (χ2v) is 4.15. The molecule has 1 fully saturated rings. The molecular formula is C11H22N2O2. The molecule has 0 aromatic carbocycles. The van der Waals surface area contributed by atoms with Crippen molar-refractivity contribution < 1.29 is 9.53 Å². The fourth-order valence-electron chi connectivity index (χ4n) is 1.75. The third-order valence-electron chi connectivity index (χ3n) is 2.97. The molecule has 3 N–H and O–H groups in total. The van der Waals surface area contributed by atoms with Gasteiger partial charge in [0.15, 0.2) is 0 Å². The smallest absolute Gasteiger partial charge is 0.236 e. The third-order valence-corrected chi connectivity index (χ3v) is 2.97. The molecule has 0 aromatic rings. The van der Waals surface area contributed by atoms with E-state index < -0.39 is 0 Å². The minimum Gasteiger partial charge on any atom is -0.381 e. The maximum Gasteiger partial charge on any atom is 0.236 e. The van der Waals surface area contributed by atoms with Gasteiger partial charge in [-0.05, 0) is 31.6 Å². The summed E-state index contributed by atoms with van der Waals surface area (Å²) in [5.41, 5.74) is 5.60. The fourth-order valence-corrected chi connectivity index (χ4v) is 1.75. The molecule has 4 nitrogen and oxygen atoms in total. The van der Waals surface area contributed by atoms with E-state index in [1.165, 1.54) is 0 Å². The largest absolute Gasteiger partial charge is 0.381 e. The Labute approximate surface area is 91.5 Å². The monoisotopic (exact) mass is 214 g/mol. The Morgan fingerprint density at radius 3 is 2.80 bits per heavy atom. The Kier molecular flexibility index (Phi) is 5.65. The van der Waals surface area contributed by atoms with Crippen LogP contribution >= 0.6 is 0 Å². The molecule has 0 bridgehead atoms. The molecule has 1 heterocycles. The van der Waals surface area contributed by atoms with Crippen molar-refractivity contribution in [3.05, 3.63) is 0 Å². The normalized spacial score (nSPS) is 19.9. The molecule has 0 saturated carbocycles. The number of nitrogens with one attached hydrogen (secondary N) is 1. The summed E-state index contributed by atoms with van der Waals surface area (Å²) in [7, 11) is 0. The van der Waals surface area contributed by atoms with Crippen LogP contribution in [-0.2, 0) is 9.53 Å². The topological polar surface area (TPSA) is 64.4 Å². The van der Waals surface area contributed by atoms with Crippen LogP contribution in [-0.4, -0.2) is 31.7 Å². The molecular weight excluding hydrogens is 192 g/mol. The van der Waals surface area contributed by atoms with Gasteiger partial charge < -0.3 is 15.8 Å². The predicted molar refractivity (Wildman–Crippen MR) is 59.4 cm³/mol. The molecule has 1 aliphatic rings. The average molecular weight is 214 g/mol. The summed E-state index contributed by atoms with van der Waals surface area (Å²) in [6.07, 6.45) is 3.99. The highest BCUT2D eigenvalue weighted by Gasteiger charge is 2.15. The van der Waals surface area contributed by atoms with Crippen molar-refractivity contribution in [1.82, 2.24) is 5.32 Å². The van der Waals surface area contributed by atoms with Gasteiger partial charge >= 0.3 is 0 Å². The second-order valence-electron chi connectivity index (χ2n) is 4.15. The molecule has 1 aliphatic heterocycles. The van der Waals surface area contributed by atoms with Gasteiger partial charge in [-0.15, -0.1) is 0 Å². The third kappa shape index (κ3) is 4.62. The Morgan fingerprint density at radius 2 is 2.20 bits per heavy atom. The maximum absolute atomic E-state index is 11.4. The predicted octanol–water partition coefficient (Wildman–Crippen LogP) is 0.657. The van der Waals surface area contributed by atoms with Crippen molar-refractivity contribution in [2.75, 3.05) is 19.8 Å². The van der Waals surface area contributed by atoms with E-state index in [4.69, 9.17) is 10.5 Å². The zero-order chi connectivity index (χ0) is 11.1. The molecule has 0 unspecified atom stereocenters. The lowest BCUT2D eigenvalue weighted by molar-refractivity contribution is -0.122. The second kappa shape index (κ2) is 6.80. The first-order chi connectivity index (χ1) is 7.24. The molecule has 1 atom stereocenters. The van der Waals surface area contributed by atoms with Gasteiger partial charge in [0.2, 0.25) is 5.91 Å². The molecule has 1 rings (SSSR count). The van der Waals surface area contributed by atoms with E-state index >= 15 is 0 Å². The van der Waals surface area contributed by atoms with Gasteiger partial charge in [0.05, 0.1) is 6.04 Å². The first kappa shape index (κ1) is 12.5. The lowest BCUT2D eigenvalue weighted by Crippen LogP contribution is -2.40. The van der Waals surface area contributed by atoms with Crippen LogP contribution in [0.1, 0.15) is 32.6 Å². The number of ether oxygens (including phenoxy) is 1. The Morgan fingerprint density at radius 1 is 1.53 bits per heavy atom. The van der Waals surface area contributed by atoms with E-state index in [1.807, 2.05) is 6.92 Å². The number of amides is 1. The standard InChI is InChI=1S/C11H22N2O2/c1-2-10(12)11(14)13-6-3-9-4-7-15-8-5-9/h9-10H,2-8,12H2,1H3,(H,13,14)/t10-/m0/s1. The summed E-state index contributed by atoms with van der Waals surface area (Å²) in [5.74, 6) is 0.682. The molecule has 0 radical (unpaired) electrons. The molecule has 4 heteroatoms. The highest BCUT2D eigenvalue weighted by atomic mass is 16.5. The van der Waals surface area contributed by atoms with Gasteiger partial charge in [0.25, 0.3) is 0 Å². The Balaban J connectivity index is 2.07. The van der Waals surface area contributed by atoms with E-state index in [1.54, 1.807) is 0 Å². The molecule has 15 heavy (non-hydrogen) atoms. The van der Waals surface area contributed by atoms with E-state index in [-0.39, 0.29) is 11.9 Å². The summed E-state index contributed by atoms with van der Waals surface area (Å²) >= 11 is 0. The number of carbonyl (C=O) groups is 1. The molecule has 0 aliphatic carbocycles. The summed E-state index contributed by atoms with van der Waals surface area (Å²) in [6.45, 7) is 4.40. The van der Waals surface area contributed by atoms with Gasteiger partial charge in [-0.1, -0.05) is 6.92 Å². The quantitative estimate of drug-likeness (QED) is 0.706. The first-order valence-electron chi connectivity index (χ1n) is 5.85. The molecule has 1 amide bonds. The maximum atomic E-state index is 11.4. The minimum absolute atomic E-state index is 0.0236. The van der Waals surface area contributed by atoms with Crippen LogP contribution in [0.5, 0.6) is 0 Å². The van der Waals surface area contributed by atoms with Gasteiger partial charge in [0, 0.05) is 19.8 Å². The van der Waals surface area contributed by atoms with Gasteiger partial charge in [-0.2, -0.15) is 0 Å². The van der Waals surface area contributed by atoms with Crippen LogP contribution in [0.3, 0.4) is 0 Å². The SMILES string of the molecule is CC[C@H](N)C(=O)NCCC1CCOCC1. The van der Waals surface area contributed by atoms with Crippen molar-refractivity contribution in [3.8, 4) is 0 Å². The molecule has 88 valence electrons. The molecule has 0 spiro atoms. The number of rotatable bonds is 5. The van der Waals surface area contributed by atoms with Crippen molar-refractivity contribution >= 4 is 5.91 Å². The van der Waals surface area contributed by atoms with Crippen molar-refractivity contribution in [3.63, 3.8) is 0 Å². The Hall–Kier alpha value is -0.610. The van der Waals surface area contributed by atoms with Crippen LogP contribution < -0.4 is 11.1 Å². The van der Waals surface area contributed by atoms with Crippen molar-refractivity contribution in [2.45, 2.75) is 38.6 Å². The van der Waals surface area contributed by atoms with Gasteiger partial charge in [-0.25, -0.2) is 0 Å². The molecule has 1 saturated heterocycles. The summed E-state index contributed by atoms with van der Waals surface area (Å²) in [6, 6.07) is -0.348. The van der Waals surface area contributed by atoms with Crippen molar-refractivity contribution in [2.24, 2.45) is 11.7 Å². The van der Waals surface area contributed by atoms with Crippen LogP contribution in [0, 0.1) is 5.92 Å². The van der Waals surface area contributed by atoms with E-state index in [9.17, 15) is 4.79 Å². The average Bonchev–Trinajstić information content (AvgIpc) is 2.29. The zero-order valence-electron chi connectivity index (χ0n) is 9.50.